The molecule has 0 fully saturated rings. The molecule has 3 heteroatoms. The Morgan fingerprint density at radius 2 is 1.82 bits per heavy atom. The Balaban J connectivity index is 1.87. The van der Waals surface area contributed by atoms with Gasteiger partial charge in [0.25, 0.3) is 5.91 Å². The maximum absolute atomic E-state index is 12.8. The zero-order chi connectivity index (χ0) is 15.7. The minimum atomic E-state index is 0.0432. The second-order valence-corrected chi connectivity index (χ2v) is 7.11. The summed E-state index contributed by atoms with van der Waals surface area (Å²) in [7, 11) is 0. The van der Waals surface area contributed by atoms with Crippen LogP contribution in [0.5, 0.6) is 0 Å². The number of carbonyl (C=O) groups excluding carboxylic acids is 1. The predicted molar refractivity (Wildman–Crippen MR) is 92.6 cm³/mol. The predicted octanol–water partition coefficient (Wildman–Crippen LogP) is 4.58. The minimum Gasteiger partial charge on any atom is -0.345 e. The lowest BCUT2D eigenvalue weighted by atomic mass is 9.97. The number of rotatable bonds is 2. The van der Waals surface area contributed by atoms with E-state index >= 15 is 0 Å². The zero-order valence-corrected chi connectivity index (χ0v) is 14.1. The summed E-state index contributed by atoms with van der Waals surface area (Å²) in [5.74, 6) is 1.09. The van der Waals surface area contributed by atoms with Crippen LogP contribution in [-0.2, 0) is 0 Å². The van der Waals surface area contributed by atoms with Crippen molar-refractivity contribution in [3.63, 3.8) is 0 Å². The van der Waals surface area contributed by atoms with Gasteiger partial charge in [0.1, 0.15) is 0 Å². The van der Waals surface area contributed by atoms with Crippen molar-refractivity contribution in [2.75, 3.05) is 5.75 Å². The van der Waals surface area contributed by atoms with Crippen molar-refractivity contribution in [2.24, 2.45) is 0 Å². The summed E-state index contributed by atoms with van der Waals surface area (Å²) in [6.45, 7) is 6.09. The Morgan fingerprint density at radius 3 is 2.55 bits per heavy atom. The van der Waals surface area contributed by atoms with Gasteiger partial charge in [-0.1, -0.05) is 35.9 Å². The molecule has 3 rings (SSSR count). The van der Waals surface area contributed by atoms with Gasteiger partial charge in [-0.15, -0.1) is 11.8 Å². The van der Waals surface area contributed by atoms with Crippen LogP contribution >= 0.6 is 11.8 Å². The van der Waals surface area contributed by atoms with Crippen LogP contribution in [0.3, 0.4) is 0 Å². The third kappa shape index (κ3) is 2.91. The van der Waals surface area contributed by atoms with Crippen LogP contribution in [0.15, 0.2) is 41.3 Å². The second-order valence-electron chi connectivity index (χ2n) is 5.97. The highest BCUT2D eigenvalue weighted by Gasteiger charge is 2.23. The van der Waals surface area contributed by atoms with Gasteiger partial charge in [0, 0.05) is 16.2 Å². The fraction of sp³-hybridized carbons (Fsp3) is 0.316. The molecule has 1 aliphatic heterocycles. The quantitative estimate of drug-likeness (QED) is 0.879. The topological polar surface area (TPSA) is 29.1 Å². The number of benzene rings is 2. The lowest BCUT2D eigenvalue weighted by Crippen LogP contribution is -2.31. The minimum absolute atomic E-state index is 0.0432. The molecule has 1 unspecified atom stereocenters. The summed E-state index contributed by atoms with van der Waals surface area (Å²) < 4.78 is 0. The van der Waals surface area contributed by atoms with E-state index in [0.717, 1.165) is 28.9 Å². The molecule has 2 nitrogen and oxygen atoms in total. The molecule has 1 atom stereocenters. The SMILES string of the molecule is Cc1cc(C)c(C(=O)NC2CCSc3ccccc32)c(C)c1. The number of thioether (sulfide) groups is 1. The standard InChI is InChI=1S/C19H21NOS/c1-12-10-13(2)18(14(3)11-12)19(21)20-16-8-9-22-17-7-5-4-6-15(16)17/h4-7,10-11,16H,8-9H2,1-3H3,(H,20,21). The highest BCUT2D eigenvalue weighted by atomic mass is 32.2. The van der Waals surface area contributed by atoms with Crippen LogP contribution in [0, 0.1) is 20.8 Å². The molecule has 2 aromatic carbocycles. The van der Waals surface area contributed by atoms with Crippen LogP contribution in [0.2, 0.25) is 0 Å². The smallest absolute Gasteiger partial charge is 0.252 e. The molecular formula is C19H21NOS. The van der Waals surface area contributed by atoms with E-state index in [4.69, 9.17) is 0 Å². The van der Waals surface area contributed by atoms with Gasteiger partial charge in [0.2, 0.25) is 0 Å². The van der Waals surface area contributed by atoms with Crippen molar-refractivity contribution in [3.8, 4) is 0 Å². The molecule has 0 saturated heterocycles. The van der Waals surface area contributed by atoms with E-state index in [0.29, 0.717) is 0 Å². The summed E-state index contributed by atoms with van der Waals surface area (Å²) in [5, 5.41) is 3.24. The first-order chi connectivity index (χ1) is 10.6. The first-order valence-electron chi connectivity index (χ1n) is 7.66. The Kier molecular flexibility index (Phi) is 4.25. The highest BCUT2D eigenvalue weighted by Crippen LogP contribution is 2.36. The van der Waals surface area contributed by atoms with Crippen molar-refractivity contribution >= 4 is 17.7 Å². The normalized spacial score (nSPS) is 17.0. The van der Waals surface area contributed by atoms with E-state index in [2.05, 4.69) is 42.6 Å². The molecule has 1 N–H and O–H groups in total. The van der Waals surface area contributed by atoms with Gasteiger partial charge in [0.15, 0.2) is 0 Å². The molecule has 0 bridgehead atoms. The van der Waals surface area contributed by atoms with Gasteiger partial charge >= 0.3 is 0 Å². The van der Waals surface area contributed by atoms with Crippen LogP contribution in [-0.4, -0.2) is 11.7 Å². The monoisotopic (exact) mass is 311 g/mol. The largest absolute Gasteiger partial charge is 0.345 e. The van der Waals surface area contributed by atoms with E-state index < -0.39 is 0 Å². The highest BCUT2D eigenvalue weighted by molar-refractivity contribution is 7.99. The third-order valence-electron chi connectivity index (χ3n) is 4.17. The zero-order valence-electron chi connectivity index (χ0n) is 13.3. The first kappa shape index (κ1) is 15.2. The summed E-state index contributed by atoms with van der Waals surface area (Å²) >= 11 is 1.87. The lowest BCUT2D eigenvalue weighted by Gasteiger charge is -2.26. The molecule has 0 aromatic heterocycles. The molecule has 1 aliphatic rings. The Hall–Kier alpha value is -1.74. The van der Waals surface area contributed by atoms with Gasteiger partial charge in [0.05, 0.1) is 6.04 Å². The summed E-state index contributed by atoms with van der Waals surface area (Å²) in [5.41, 5.74) is 5.36. The Labute approximate surface area is 136 Å². The van der Waals surface area contributed by atoms with Crippen molar-refractivity contribution in [1.29, 1.82) is 0 Å². The van der Waals surface area contributed by atoms with Gasteiger partial charge in [-0.2, -0.15) is 0 Å². The van der Waals surface area contributed by atoms with Gasteiger partial charge in [-0.3, -0.25) is 4.79 Å². The maximum Gasteiger partial charge on any atom is 0.252 e. The van der Waals surface area contributed by atoms with E-state index in [9.17, 15) is 4.79 Å². The molecule has 0 radical (unpaired) electrons. The van der Waals surface area contributed by atoms with Crippen molar-refractivity contribution < 1.29 is 4.79 Å². The number of amides is 1. The molecular weight excluding hydrogens is 290 g/mol. The van der Waals surface area contributed by atoms with Crippen LogP contribution in [0.1, 0.15) is 45.1 Å². The third-order valence-corrected chi connectivity index (χ3v) is 5.29. The first-order valence-corrected chi connectivity index (χ1v) is 8.65. The summed E-state index contributed by atoms with van der Waals surface area (Å²) in [6, 6.07) is 12.6. The average molecular weight is 311 g/mol. The fourth-order valence-electron chi connectivity index (χ4n) is 3.26. The van der Waals surface area contributed by atoms with E-state index in [1.165, 1.54) is 16.0 Å². The lowest BCUT2D eigenvalue weighted by molar-refractivity contribution is 0.0933. The number of nitrogens with one attached hydrogen (secondary N) is 1. The number of hydrogen-bond donors (Lipinski definition) is 1. The van der Waals surface area contributed by atoms with Crippen LogP contribution in [0.25, 0.3) is 0 Å². The number of fused-ring (bicyclic) bond motifs is 1. The molecule has 0 aliphatic carbocycles. The average Bonchev–Trinajstić information content (AvgIpc) is 2.46. The van der Waals surface area contributed by atoms with E-state index in [1.807, 2.05) is 31.7 Å². The van der Waals surface area contributed by atoms with E-state index in [1.54, 1.807) is 0 Å². The molecule has 1 heterocycles. The van der Waals surface area contributed by atoms with Gasteiger partial charge < -0.3 is 5.32 Å². The molecule has 114 valence electrons. The summed E-state index contributed by atoms with van der Waals surface area (Å²) in [6.07, 6.45) is 0.984. The fourth-order valence-corrected chi connectivity index (χ4v) is 4.39. The maximum atomic E-state index is 12.8. The Morgan fingerprint density at radius 1 is 1.14 bits per heavy atom. The summed E-state index contributed by atoms with van der Waals surface area (Å²) in [4.78, 5) is 14.0. The number of aryl methyl sites for hydroxylation is 3. The molecule has 0 spiro atoms. The molecule has 0 saturated carbocycles. The van der Waals surface area contributed by atoms with Gasteiger partial charge in [-0.05, 0) is 49.9 Å². The van der Waals surface area contributed by atoms with Crippen molar-refractivity contribution in [1.82, 2.24) is 5.32 Å². The van der Waals surface area contributed by atoms with Crippen LogP contribution in [0.4, 0.5) is 0 Å². The van der Waals surface area contributed by atoms with Gasteiger partial charge in [-0.25, -0.2) is 0 Å². The number of carbonyl (C=O) groups is 1. The molecule has 2 aromatic rings. The number of hydrogen-bond acceptors (Lipinski definition) is 2. The molecule has 22 heavy (non-hydrogen) atoms. The van der Waals surface area contributed by atoms with Crippen molar-refractivity contribution in [3.05, 3.63) is 64.2 Å². The Bertz CT molecular complexity index is 700. The van der Waals surface area contributed by atoms with Crippen LogP contribution < -0.4 is 5.32 Å². The second kappa shape index (κ2) is 6.17. The van der Waals surface area contributed by atoms with E-state index in [-0.39, 0.29) is 11.9 Å². The van der Waals surface area contributed by atoms with Crippen molar-refractivity contribution in [2.45, 2.75) is 38.1 Å². The molecule has 1 amide bonds.